The van der Waals surface area contributed by atoms with Crippen LogP contribution in [0.4, 0.5) is 13.2 Å². The van der Waals surface area contributed by atoms with Crippen LogP contribution in [0.1, 0.15) is 49.4 Å². The van der Waals surface area contributed by atoms with E-state index in [1.165, 1.54) is 24.7 Å². The monoisotopic (exact) mass is 537 g/mol. The Morgan fingerprint density at radius 1 is 1.14 bits per heavy atom. The Hall–Kier alpha value is -3.55. The second-order valence-electron chi connectivity index (χ2n) is 9.90. The lowest BCUT2D eigenvalue weighted by Gasteiger charge is -2.19. The molecule has 0 atom stereocenters. The van der Waals surface area contributed by atoms with Gasteiger partial charge in [-0.05, 0) is 24.0 Å². The van der Waals surface area contributed by atoms with E-state index >= 15 is 0 Å². The number of halogens is 3. The van der Waals surface area contributed by atoms with Crippen LogP contribution in [-0.4, -0.2) is 55.8 Å². The maximum atomic E-state index is 13.2. The van der Waals surface area contributed by atoms with Crippen LogP contribution in [0, 0.1) is 12.3 Å². The number of imidazole rings is 1. The molecule has 0 radical (unpaired) electrons. The van der Waals surface area contributed by atoms with E-state index in [4.69, 9.17) is 0 Å². The number of pyridine rings is 1. The fourth-order valence-corrected chi connectivity index (χ4v) is 4.75. The average Bonchev–Trinajstić information content (AvgIpc) is 3.34. The first-order valence-corrected chi connectivity index (χ1v) is 13.0. The Morgan fingerprint density at radius 2 is 1.81 bits per heavy atom. The van der Waals surface area contributed by atoms with E-state index in [0.717, 1.165) is 16.8 Å². The Bertz CT molecular complexity index is 1650. The van der Waals surface area contributed by atoms with E-state index in [0.29, 0.717) is 12.1 Å². The second-order valence-corrected chi connectivity index (χ2v) is 12.1. The Balaban J connectivity index is 2.02. The van der Waals surface area contributed by atoms with Gasteiger partial charge in [-0.25, -0.2) is 27.9 Å². The van der Waals surface area contributed by atoms with Crippen molar-refractivity contribution in [3.8, 4) is 11.4 Å². The molecule has 0 spiro atoms. The third-order valence-electron chi connectivity index (χ3n) is 5.74. The highest BCUT2D eigenvalue weighted by Gasteiger charge is 2.34. The molecule has 14 heteroatoms. The largest absolute Gasteiger partial charge is 0.433 e. The first-order chi connectivity index (χ1) is 17.0. The number of carbonyl (C=O) groups excluding carboxylic acids is 1. The fraction of sp³-hybridized carbons (Fsp3) is 0.435. The van der Waals surface area contributed by atoms with Gasteiger partial charge in [0.15, 0.2) is 20.5 Å². The van der Waals surface area contributed by atoms with Crippen molar-refractivity contribution >= 4 is 32.4 Å². The van der Waals surface area contributed by atoms with E-state index in [9.17, 15) is 26.4 Å². The van der Waals surface area contributed by atoms with Gasteiger partial charge in [-0.1, -0.05) is 27.7 Å². The summed E-state index contributed by atoms with van der Waals surface area (Å²) in [5, 5.41) is 6.74. The number of aromatic nitrogens is 6. The zero-order valence-corrected chi connectivity index (χ0v) is 21.9. The summed E-state index contributed by atoms with van der Waals surface area (Å²) in [6.07, 6.45) is -2.24. The zero-order chi connectivity index (χ0) is 27.5. The molecule has 0 unspecified atom stereocenters. The fourth-order valence-electron chi connectivity index (χ4n) is 3.77. The van der Waals surface area contributed by atoms with Gasteiger partial charge in [0.05, 0.1) is 23.0 Å². The van der Waals surface area contributed by atoms with Crippen molar-refractivity contribution in [3.05, 3.63) is 35.4 Å². The van der Waals surface area contributed by atoms with Gasteiger partial charge in [-0.3, -0.25) is 4.79 Å². The first kappa shape index (κ1) is 26.5. The van der Waals surface area contributed by atoms with Crippen molar-refractivity contribution in [3.63, 3.8) is 0 Å². The van der Waals surface area contributed by atoms with Crippen LogP contribution in [0.15, 0.2) is 23.5 Å². The minimum Gasteiger partial charge on any atom is -0.350 e. The number of nitrogens with zero attached hydrogens (tertiary/aromatic N) is 6. The molecular formula is C23H26F3N7O3S. The molecule has 4 heterocycles. The molecule has 4 rings (SSSR count). The summed E-state index contributed by atoms with van der Waals surface area (Å²) < 4.78 is 68.5. The van der Waals surface area contributed by atoms with Gasteiger partial charge in [0.1, 0.15) is 22.8 Å². The van der Waals surface area contributed by atoms with Crippen LogP contribution < -0.4 is 5.32 Å². The molecule has 1 N–H and O–H groups in total. The third-order valence-corrected chi connectivity index (χ3v) is 7.38. The van der Waals surface area contributed by atoms with Gasteiger partial charge < -0.3 is 9.88 Å². The predicted octanol–water partition coefficient (Wildman–Crippen LogP) is 3.57. The van der Waals surface area contributed by atoms with E-state index in [2.05, 4.69) is 25.4 Å². The number of hydrogen-bond donors (Lipinski definition) is 1. The summed E-state index contributed by atoms with van der Waals surface area (Å²) in [5.41, 5.74) is -0.563. The van der Waals surface area contributed by atoms with E-state index in [1.807, 2.05) is 20.8 Å². The summed E-state index contributed by atoms with van der Waals surface area (Å²) in [6.45, 7) is 9.28. The van der Waals surface area contributed by atoms with Gasteiger partial charge >= 0.3 is 6.18 Å². The number of aryl methyl sites for hydroxylation is 2. The van der Waals surface area contributed by atoms with Gasteiger partial charge in [0.2, 0.25) is 0 Å². The van der Waals surface area contributed by atoms with Gasteiger partial charge in [-0.2, -0.15) is 18.3 Å². The lowest BCUT2D eigenvalue weighted by molar-refractivity contribution is -0.141. The minimum absolute atomic E-state index is 0.0148. The lowest BCUT2D eigenvalue weighted by atomic mass is 9.97. The van der Waals surface area contributed by atoms with Crippen LogP contribution >= 0.6 is 0 Å². The normalized spacial score (nSPS) is 13.0. The molecule has 0 aromatic carbocycles. The molecule has 4 aromatic heterocycles. The van der Waals surface area contributed by atoms with E-state index in [-0.39, 0.29) is 50.0 Å². The molecular weight excluding hydrogens is 511 g/mol. The predicted molar refractivity (Wildman–Crippen MR) is 130 cm³/mol. The maximum absolute atomic E-state index is 13.2. The molecule has 0 bridgehead atoms. The number of rotatable bonds is 5. The topological polar surface area (TPSA) is 124 Å². The number of amides is 1. The van der Waals surface area contributed by atoms with Crippen LogP contribution in [-0.2, 0) is 23.1 Å². The molecule has 0 saturated carbocycles. The van der Waals surface area contributed by atoms with Crippen LogP contribution in [0.5, 0.6) is 0 Å². The summed E-state index contributed by atoms with van der Waals surface area (Å²) in [5.74, 6) is -0.758. The third kappa shape index (κ3) is 4.77. The average molecular weight is 538 g/mol. The Kier molecular flexibility index (Phi) is 6.29. The molecule has 198 valence electrons. The number of alkyl halides is 3. The number of carbonyl (C=O) groups is 1. The molecule has 37 heavy (non-hydrogen) atoms. The molecule has 0 saturated heterocycles. The molecule has 0 fully saturated rings. The second kappa shape index (κ2) is 8.78. The van der Waals surface area contributed by atoms with Crippen molar-refractivity contribution in [2.45, 2.75) is 45.8 Å². The standard InChI is InChI=1S/C23H26F3N7O3S/c1-7-37(35,36)21-16(19-30-13-8-15(23(24,25)26)27-10-14(13)32(19)6)18-28-9-12(2)17(33(18)31-21)20(34)29-11-22(3,4)5/h8-10H,7,11H2,1-6H3,(H,29,34). The number of fused-ring (bicyclic) bond motifs is 2. The smallest absolute Gasteiger partial charge is 0.350 e. The van der Waals surface area contributed by atoms with Crippen molar-refractivity contribution in [2.75, 3.05) is 12.3 Å². The van der Waals surface area contributed by atoms with Crippen LogP contribution in [0.3, 0.4) is 0 Å². The van der Waals surface area contributed by atoms with E-state index in [1.54, 1.807) is 6.92 Å². The summed E-state index contributed by atoms with van der Waals surface area (Å²) in [7, 11) is -2.44. The SMILES string of the molecule is CCS(=O)(=O)c1nn2c(C(=O)NCC(C)(C)C)c(C)cnc2c1-c1nc2cc(C(F)(F)F)ncc2n1C. The van der Waals surface area contributed by atoms with Gasteiger partial charge in [0.25, 0.3) is 5.91 Å². The highest BCUT2D eigenvalue weighted by atomic mass is 32.2. The molecule has 0 aliphatic heterocycles. The Morgan fingerprint density at radius 3 is 2.41 bits per heavy atom. The molecule has 4 aromatic rings. The van der Waals surface area contributed by atoms with Crippen molar-refractivity contribution in [2.24, 2.45) is 12.5 Å². The van der Waals surface area contributed by atoms with Crippen LogP contribution in [0.2, 0.25) is 0 Å². The highest BCUT2D eigenvalue weighted by Crippen LogP contribution is 2.35. The molecule has 0 aliphatic carbocycles. The highest BCUT2D eigenvalue weighted by molar-refractivity contribution is 7.91. The van der Waals surface area contributed by atoms with E-state index < -0.39 is 27.6 Å². The van der Waals surface area contributed by atoms with Crippen LogP contribution in [0.25, 0.3) is 28.1 Å². The number of hydrogen-bond acceptors (Lipinski definition) is 7. The quantitative estimate of drug-likeness (QED) is 0.413. The summed E-state index contributed by atoms with van der Waals surface area (Å²) in [6, 6.07) is 0.793. The van der Waals surface area contributed by atoms with Crippen molar-refractivity contribution < 1.29 is 26.4 Å². The van der Waals surface area contributed by atoms with Gasteiger partial charge in [0, 0.05) is 19.8 Å². The molecule has 1 amide bonds. The maximum Gasteiger partial charge on any atom is 0.433 e. The lowest BCUT2D eigenvalue weighted by Crippen LogP contribution is -2.34. The van der Waals surface area contributed by atoms with Crippen molar-refractivity contribution in [1.29, 1.82) is 0 Å². The summed E-state index contributed by atoms with van der Waals surface area (Å²) in [4.78, 5) is 25.3. The van der Waals surface area contributed by atoms with Gasteiger partial charge in [-0.15, -0.1) is 0 Å². The summed E-state index contributed by atoms with van der Waals surface area (Å²) >= 11 is 0. The Labute approximate surface area is 210 Å². The zero-order valence-electron chi connectivity index (χ0n) is 21.1. The molecule has 0 aliphatic rings. The van der Waals surface area contributed by atoms with Crippen molar-refractivity contribution in [1.82, 2.24) is 34.4 Å². The minimum atomic E-state index is -4.68. The number of sulfone groups is 1. The molecule has 10 nitrogen and oxygen atoms in total. The number of nitrogens with one attached hydrogen (secondary N) is 1. The first-order valence-electron chi connectivity index (χ1n) is 11.3.